The van der Waals surface area contributed by atoms with Gasteiger partial charge in [-0.15, -0.1) is 0 Å². The van der Waals surface area contributed by atoms with Crippen LogP contribution in [0.5, 0.6) is 0 Å². The summed E-state index contributed by atoms with van der Waals surface area (Å²) in [6.45, 7) is 0.683. The van der Waals surface area contributed by atoms with Gasteiger partial charge in [-0.2, -0.15) is 5.26 Å². The van der Waals surface area contributed by atoms with E-state index in [1.54, 1.807) is 18.2 Å². The van der Waals surface area contributed by atoms with Crippen molar-refractivity contribution in [2.45, 2.75) is 6.04 Å². The highest BCUT2D eigenvalue weighted by Gasteiger charge is 2.27. The Kier molecular flexibility index (Phi) is 4.32. The molecule has 2 aromatic carbocycles. The van der Waals surface area contributed by atoms with Gasteiger partial charge in [0.1, 0.15) is 6.07 Å². The first kappa shape index (κ1) is 16.2. The van der Waals surface area contributed by atoms with Crippen molar-refractivity contribution in [2.75, 3.05) is 6.54 Å². The Morgan fingerprint density at radius 2 is 1.92 bits per heavy atom. The lowest BCUT2D eigenvalue weighted by Gasteiger charge is -2.16. The number of H-pyrrole nitrogens is 1. The van der Waals surface area contributed by atoms with Crippen LogP contribution in [0.3, 0.4) is 0 Å². The van der Waals surface area contributed by atoms with Gasteiger partial charge in [0, 0.05) is 12.5 Å². The first-order chi connectivity index (χ1) is 12.8. The van der Waals surface area contributed by atoms with Crippen molar-refractivity contribution in [1.82, 2.24) is 20.8 Å². The molecule has 0 radical (unpaired) electrons. The van der Waals surface area contributed by atoms with Gasteiger partial charge in [-0.25, -0.2) is 10.4 Å². The highest BCUT2D eigenvalue weighted by atomic mass is 16.1. The number of para-hydroxylation sites is 1. The fraction of sp³-hybridized carbons (Fsp3) is 0.150. The third-order valence-corrected chi connectivity index (χ3v) is 4.55. The van der Waals surface area contributed by atoms with E-state index >= 15 is 0 Å². The van der Waals surface area contributed by atoms with E-state index in [-0.39, 0.29) is 17.5 Å². The zero-order valence-corrected chi connectivity index (χ0v) is 13.9. The van der Waals surface area contributed by atoms with E-state index < -0.39 is 0 Å². The molecule has 0 spiro atoms. The number of hydrogen-bond donors (Lipinski definition) is 3. The molecule has 1 fully saturated rings. The number of rotatable bonds is 3. The van der Waals surface area contributed by atoms with Crippen molar-refractivity contribution >= 4 is 16.5 Å². The fourth-order valence-corrected chi connectivity index (χ4v) is 3.25. The molecule has 0 amide bonds. The number of nitrogens with zero attached hydrogens (tertiary/aromatic N) is 2. The summed E-state index contributed by atoms with van der Waals surface area (Å²) in [7, 11) is 0. The summed E-state index contributed by atoms with van der Waals surface area (Å²) in [5.41, 5.74) is 8.23. The Hall–Kier alpha value is -3.27. The molecule has 6 nitrogen and oxygen atoms in total. The predicted molar refractivity (Wildman–Crippen MR) is 99.8 cm³/mol. The smallest absolute Gasteiger partial charge is 0.259 e. The zero-order chi connectivity index (χ0) is 17.9. The van der Waals surface area contributed by atoms with Gasteiger partial charge in [0.05, 0.1) is 22.5 Å². The number of nitrogens with one attached hydrogen (secondary N) is 3. The van der Waals surface area contributed by atoms with Crippen molar-refractivity contribution in [3.05, 3.63) is 82.4 Å². The Bertz CT molecular complexity index is 1060. The monoisotopic (exact) mass is 343 g/mol. The second-order valence-corrected chi connectivity index (χ2v) is 6.20. The van der Waals surface area contributed by atoms with Crippen LogP contribution in [0.2, 0.25) is 0 Å². The summed E-state index contributed by atoms with van der Waals surface area (Å²) < 4.78 is 0. The van der Waals surface area contributed by atoms with Crippen molar-refractivity contribution in [2.24, 2.45) is 5.92 Å². The van der Waals surface area contributed by atoms with Crippen LogP contribution in [0.1, 0.15) is 17.4 Å². The van der Waals surface area contributed by atoms with Crippen molar-refractivity contribution in [3.63, 3.8) is 0 Å². The van der Waals surface area contributed by atoms with E-state index in [9.17, 15) is 10.1 Å². The van der Waals surface area contributed by atoms with E-state index in [1.807, 2.05) is 42.5 Å². The molecule has 26 heavy (non-hydrogen) atoms. The summed E-state index contributed by atoms with van der Waals surface area (Å²) >= 11 is 0. The number of aromatic nitrogens is 2. The van der Waals surface area contributed by atoms with Crippen LogP contribution in [0.25, 0.3) is 16.5 Å². The maximum atomic E-state index is 12.3. The molecule has 1 aromatic heterocycles. The van der Waals surface area contributed by atoms with Crippen LogP contribution < -0.4 is 16.4 Å². The van der Waals surface area contributed by atoms with Crippen molar-refractivity contribution in [1.29, 1.82) is 5.26 Å². The number of nitriles is 1. The average Bonchev–Trinajstić information content (AvgIpc) is 3.15. The van der Waals surface area contributed by atoms with Crippen LogP contribution in [-0.2, 0) is 0 Å². The topological polar surface area (TPSA) is 93.6 Å². The second-order valence-electron chi connectivity index (χ2n) is 6.20. The molecule has 0 saturated carbocycles. The maximum absolute atomic E-state index is 12.3. The van der Waals surface area contributed by atoms with Gasteiger partial charge >= 0.3 is 0 Å². The minimum absolute atomic E-state index is 0.0479. The lowest BCUT2D eigenvalue weighted by atomic mass is 9.93. The quantitative estimate of drug-likeness (QED) is 0.635. The highest BCUT2D eigenvalue weighted by molar-refractivity contribution is 5.81. The maximum Gasteiger partial charge on any atom is 0.259 e. The van der Waals surface area contributed by atoms with Crippen LogP contribution in [0, 0.1) is 17.2 Å². The molecule has 3 aromatic rings. The number of benzene rings is 2. The molecule has 2 heterocycles. The summed E-state index contributed by atoms with van der Waals surface area (Å²) in [5.74, 6) is 0.360. The van der Waals surface area contributed by atoms with E-state index in [0.717, 1.165) is 5.56 Å². The molecule has 1 aliphatic heterocycles. The summed E-state index contributed by atoms with van der Waals surface area (Å²) in [6.07, 6.45) is 1.87. The molecule has 4 rings (SSSR count). The molecule has 1 saturated heterocycles. The van der Waals surface area contributed by atoms with E-state index in [4.69, 9.17) is 0 Å². The lowest BCUT2D eigenvalue weighted by molar-refractivity contribution is 0.540. The third-order valence-electron chi connectivity index (χ3n) is 4.55. The van der Waals surface area contributed by atoms with Crippen LogP contribution in [-0.4, -0.2) is 16.5 Å². The molecule has 128 valence electrons. The lowest BCUT2D eigenvalue weighted by Crippen LogP contribution is -2.24. The Morgan fingerprint density at radius 3 is 2.73 bits per heavy atom. The van der Waals surface area contributed by atoms with Crippen molar-refractivity contribution in [3.8, 4) is 6.07 Å². The average molecular weight is 343 g/mol. The number of hydrogen-bond acceptors (Lipinski definition) is 5. The summed E-state index contributed by atoms with van der Waals surface area (Å²) in [5, 5.41) is 10.2. The van der Waals surface area contributed by atoms with E-state index in [1.165, 1.54) is 0 Å². The molecule has 0 bridgehead atoms. The predicted octanol–water partition coefficient (Wildman–Crippen LogP) is 2.30. The van der Waals surface area contributed by atoms with Crippen LogP contribution in [0.4, 0.5) is 0 Å². The minimum atomic E-state index is -0.242. The van der Waals surface area contributed by atoms with Gasteiger partial charge < -0.3 is 4.98 Å². The highest BCUT2D eigenvalue weighted by Crippen LogP contribution is 2.28. The molecule has 0 aliphatic carbocycles. The number of allylic oxidation sites excluding steroid dienone is 1. The number of aromatic amines is 1. The largest absolute Gasteiger partial charge is 0.305 e. The van der Waals surface area contributed by atoms with Crippen LogP contribution >= 0.6 is 0 Å². The Labute approximate surface area is 150 Å². The summed E-state index contributed by atoms with van der Waals surface area (Å²) in [6, 6.07) is 19.4. The Balaban J connectivity index is 1.73. The SMILES string of the molecule is N#C/C(=C\C1CNNC1c1ccccc1)c1nc2ccccc2c(=O)[nH]1. The summed E-state index contributed by atoms with van der Waals surface area (Å²) in [4.78, 5) is 19.5. The molecular formula is C20H17N5O. The molecule has 1 aliphatic rings. The van der Waals surface area contributed by atoms with Gasteiger partial charge in [0.2, 0.25) is 0 Å². The number of fused-ring (bicyclic) bond motifs is 1. The third kappa shape index (κ3) is 3.02. The van der Waals surface area contributed by atoms with Gasteiger partial charge in [0.15, 0.2) is 5.82 Å². The van der Waals surface area contributed by atoms with E-state index in [2.05, 4.69) is 26.9 Å². The van der Waals surface area contributed by atoms with Gasteiger partial charge in [-0.1, -0.05) is 48.5 Å². The normalized spacial score (nSPS) is 20.2. The number of hydrazine groups is 1. The van der Waals surface area contributed by atoms with Crippen LogP contribution in [0.15, 0.2) is 65.5 Å². The standard InChI is InChI=1S/C20H17N5O/c21-11-14(19-23-17-9-5-4-8-16(17)20(26)24-19)10-15-12-22-25-18(15)13-6-2-1-3-7-13/h1-10,15,18,22,25H,12H2,(H,23,24,26)/b14-10+. The zero-order valence-electron chi connectivity index (χ0n) is 13.9. The van der Waals surface area contributed by atoms with Gasteiger partial charge in [-0.3, -0.25) is 10.2 Å². The Morgan fingerprint density at radius 1 is 1.15 bits per heavy atom. The fourth-order valence-electron chi connectivity index (χ4n) is 3.25. The van der Waals surface area contributed by atoms with Gasteiger partial charge in [-0.05, 0) is 17.7 Å². The first-order valence-electron chi connectivity index (χ1n) is 8.41. The second kappa shape index (κ2) is 6.92. The van der Waals surface area contributed by atoms with Gasteiger partial charge in [0.25, 0.3) is 5.56 Å². The van der Waals surface area contributed by atoms with Crippen molar-refractivity contribution < 1.29 is 0 Å². The molecular weight excluding hydrogens is 326 g/mol. The molecule has 2 unspecified atom stereocenters. The molecule has 2 atom stereocenters. The van der Waals surface area contributed by atoms with E-state index in [0.29, 0.717) is 28.8 Å². The minimum Gasteiger partial charge on any atom is -0.305 e. The molecule has 6 heteroatoms. The first-order valence-corrected chi connectivity index (χ1v) is 8.41. The molecule has 3 N–H and O–H groups in total.